The second-order valence-electron chi connectivity index (χ2n) is 17.8. The molecule has 0 aromatic carbocycles. The van der Waals surface area contributed by atoms with Crippen molar-refractivity contribution in [3.63, 3.8) is 0 Å². The molecular formula is C51H64MgN4O6-2. The summed E-state index contributed by atoms with van der Waals surface area (Å²) < 4.78 is 11.0. The fraction of sp³-hybridized carbons (Fsp3) is 0.529. The molecule has 6 rings (SSSR count). The molecule has 1 fully saturated rings. The minimum Gasteiger partial charge on any atom is -0.664 e. The molecule has 11 heteroatoms. The number of ketones is 1. The number of carbonyl (C=O) groups excluding carboxylic acids is 4. The maximum absolute atomic E-state index is 14.3. The summed E-state index contributed by atoms with van der Waals surface area (Å²) in [6.07, 6.45) is 19.4. The zero-order valence-electron chi connectivity index (χ0n) is 38.7. The molecule has 0 amide bonds. The monoisotopic (exact) mass is 852 g/mol. The second kappa shape index (κ2) is 21.3. The Morgan fingerprint density at radius 1 is 0.855 bits per heavy atom. The molecule has 328 valence electrons. The zero-order valence-corrected chi connectivity index (χ0v) is 40.1. The van der Waals surface area contributed by atoms with Gasteiger partial charge in [0.15, 0.2) is 5.78 Å². The van der Waals surface area contributed by atoms with Crippen molar-refractivity contribution in [3.8, 4) is 0 Å². The van der Waals surface area contributed by atoms with Gasteiger partial charge in [-0.15, -0.1) is 33.5 Å². The van der Waals surface area contributed by atoms with Crippen LogP contribution in [0, 0.1) is 50.4 Å². The Morgan fingerprint density at radius 2 is 1.53 bits per heavy atom. The molecule has 3 aromatic rings. The Labute approximate surface area is 384 Å². The van der Waals surface area contributed by atoms with Gasteiger partial charge in [-0.2, -0.15) is 11.4 Å². The fourth-order valence-corrected chi connectivity index (χ4v) is 9.59. The standard InChI is InChI=1S/C51H66N4O6.Mg/c1-11-15-28(3)16-13-17-29(4)18-14-19-30(5)22-23-61-44(57)21-20-36-32(7)40-24-38-33(8)37(27-56)43(53-38)25-39-31(6)35(12-2)42(52-39)26-41-34(9)45-49(55-41)46(48(36)54-40)47(50(45)58)51(59)60-10;/h22,24-29,32,36,47H,11-21,23H2,1-10H3,(H2-2,52,53,54,55,56,58);/q-2;+2/p-2/b30-22+,40-24-;/t28-,29-,32+,36+,47-;/m1./s1. The van der Waals surface area contributed by atoms with E-state index in [1.54, 1.807) is 0 Å². The maximum atomic E-state index is 14.3. The summed E-state index contributed by atoms with van der Waals surface area (Å²) >= 11 is 0. The molecule has 10 nitrogen and oxygen atoms in total. The summed E-state index contributed by atoms with van der Waals surface area (Å²) in [6.45, 7) is 19.1. The molecule has 1 aliphatic carbocycles. The van der Waals surface area contributed by atoms with Crippen LogP contribution in [0.15, 0.2) is 23.0 Å². The van der Waals surface area contributed by atoms with Crippen LogP contribution in [0.2, 0.25) is 0 Å². The van der Waals surface area contributed by atoms with Crippen molar-refractivity contribution in [1.29, 1.82) is 0 Å². The predicted molar refractivity (Wildman–Crippen MR) is 246 cm³/mol. The number of aromatic nitrogens is 3. The number of methoxy groups -OCH3 is 1. The van der Waals surface area contributed by atoms with Crippen molar-refractivity contribution in [2.24, 2.45) is 29.6 Å². The van der Waals surface area contributed by atoms with E-state index < -0.39 is 11.9 Å². The molecule has 0 N–H and O–H groups in total. The van der Waals surface area contributed by atoms with Crippen LogP contribution in [0.1, 0.15) is 171 Å². The third-order valence-corrected chi connectivity index (χ3v) is 13.4. The number of fused-ring (bicyclic) bond motifs is 7. The molecule has 3 aromatic heterocycles. The number of allylic oxidation sites excluding steroid dienone is 3. The number of nitrogens with zero attached hydrogens (tertiary/aromatic N) is 4. The van der Waals surface area contributed by atoms with Crippen molar-refractivity contribution in [1.82, 2.24) is 15.0 Å². The predicted octanol–water partition coefficient (Wildman–Crippen LogP) is 8.51. The van der Waals surface area contributed by atoms with Crippen LogP contribution in [-0.4, -0.2) is 60.8 Å². The largest absolute Gasteiger partial charge is 2.00 e. The number of ether oxygens (including phenoxy) is 2. The first-order valence-corrected chi connectivity index (χ1v) is 22.5. The number of Topliss-reactive ketones (excluding diaryl/α,β-unsaturated/α-hetero) is 1. The van der Waals surface area contributed by atoms with Gasteiger partial charge in [0.1, 0.15) is 18.8 Å². The smallest absolute Gasteiger partial charge is 0.664 e. The van der Waals surface area contributed by atoms with Gasteiger partial charge in [-0.05, 0) is 83.1 Å². The average Bonchev–Trinajstić information content (AvgIpc) is 3.97. The maximum Gasteiger partial charge on any atom is 2.00 e. The van der Waals surface area contributed by atoms with E-state index in [9.17, 15) is 19.2 Å². The molecule has 0 unspecified atom stereocenters. The van der Waals surface area contributed by atoms with Crippen molar-refractivity contribution in [2.45, 2.75) is 133 Å². The Kier molecular flexibility index (Phi) is 16.8. The van der Waals surface area contributed by atoms with Gasteiger partial charge in [-0.1, -0.05) is 125 Å². The van der Waals surface area contributed by atoms with E-state index in [2.05, 4.69) is 34.6 Å². The summed E-state index contributed by atoms with van der Waals surface area (Å²) in [5, 5.41) is 6.59. The van der Waals surface area contributed by atoms with Gasteiger partial charge >= 0.3 is 35.0 Å². The van der Waals surface area contributed by atoms with Crippen LogP contribution in [0.25, 0.3) is 29.1 Å². The van der Waals surface area contributed by atoms with E-state index in [1.165, 1.54) is 51.2 Å². The molecule has 8 bridgehead atoms. The molecule has 3 aliphatic rings. The normalized spacial score (nSPS) is 22.0. The van der Waals surface area contributed by atoms with Crippen LogP contribution in [-0.2, 0) is 25.5 Å². The zero-order chi connectivity index (χ0) is 44.1. The Hall–Kier alpha value is -4.35. The van der Waals surface area contributed by atoms with Crippen molar-refractivity contribution in [2.75, 3.05) is 13.7 Å². The molecule has 5 heterocycles. The first-order valence-electron chi connectivity index (χ1n) is 22.5. The Bertz CT molecular complexity index is 2390. The van der Waals surface area contributed by atoms with Crippen LogP contribution in [0.4, 0.5) is 0 Å². The first kappa shape index (κ1) is 48.7. The number of carbonyl (C=O) groups is 4. The van der Waals surface area contributed by atoms with Crippen LogP contribution >= 0.6 is 0 Å². The SMILES string of the molecule is CCC[C@@H](C)CCC[C@@H](C)CCC/C(C)=C/COC(=O)CC[C@@H]1/C2=C3/c4[n-]c(c(C)c4C(=O)[C@@H]3C(=O)OC)/C=c3\[n-]/c(c(C)c3CC)=C\c3[n-]c(c(C)c3C=O)/C=C(\[N-]2)[C@H]1C.[Mg+2]. The first-order chi connectivity index (χ1) is 29.2. The molecule has 0 spiro atoms. The Balaban J connectivity index is 0.00000726. The van der Waals surface area contributed by atoms with E-state index in [4.69, 9.17) is 29.7 Å². The molecule has 1 saturated heterocycles. The van der Waals surface area contributed by atoms with Crippen molar-refractivity contribution >= 4 is 70.9 Å². The van der Waals surface area contributed by atoms with Gasteiger partial charge in [0.05, 0.1) is 7.11 Å². The molecule has 0 radical (unpaired) electrons. The summed E-state index contributed by atoms with van der Waals surface area (Å²) in [6, 6.07) is 0. The third kappa shape index (κ3) is 10.2. The van der Waals surface area contributed by atoms with Gasteiger partial charge in [0.25, 0.3) is 0 Å². The fourth-order valence-electron chi connectivity index (χ4n) is 9.59. The third-order valence-electron chi connectivity index (χ3n) is 13.4. The number of hydrogen-bond donors (Lipinski definition) is 0. The van der Waals surface area contributed by atoms with E-state index in [0.717, 1.165) is 41.5 Å². The summed E-state index contributed by atoms with van der Waals surface area (Å²) in [5.74, 6) is -1.74. The van der Waals surface area contributed by atoms with E-state index in [-0.39, 0.29) is 59.7 Å². The number of hydrogen-bond acceptors (Lipinski definition) is 6. The minimum atomic E-state index is -1.25. The Morgan fingerprint density at radius 3 is 2.21 bits per heavy atom. The minimum absolute atomic E-state index is 0. The number of rotatable bonds is 18. The van der Waals surface area contributed by atoms with Crippen molar-refractivity contribution < 1.29 is 28.7 Å². The van der Waals surface area contributed by atoms with Crippen LogP contribution in [0.3, 0.4) is 0 Å². The quantitative estimate of drug-likeness (QED) is 0.0405. The molecular weight excluding hydrogens is 789 g/mol. The number of aldehydes is 1. The summed E-state index contributed by atoms with van der Waals surface area (Å²) in [7, 11) is 1.27. The summed E-state index contributed by atoms with van der Waals surface area (Å²) in [5.41, 5.74) is 9.13. The second-order valence-corrected chi connectivity index (χ2v) is 17.8. The van der Waals surface area contributed by atoms with E-state index in [1.807, 2.05) is 52.0 Å². The molecule has 62 heavy (non-hydrogen) atoms. The van der Waals surface area contributed by atoms with Gasteiger partial charge in [0.2, 0.25) is 0 Å². The van der Waals surface area contributed by atoms with Gasteiger partial charge in [-0.3, -0.25) is 19.2 Å². The van der Waals surface area contributed by atoms with Gasteiger partial charge < -0.3 is 29.7 Å². The molecule has 5 atom stereocenters. The van der Waals surface area contributed by atoms with Crippen LogP contribution < -0.4 is 25.7 Å². The summed E-state index contributed by atoms with van der Waals surface area (Å²) in [4.78, 5) is 68.7. The van der Waals surface area contributed by atoms with Gasteiger partial charge in [-0.25, -0.2) is 0 Å². The number of esters is 2. The van der Waals surface area contributed by atoms with Crippen molar-refractivity contribution in [3.05, 3.63) is 95.2 Å². The van der Waals surface area contributed by atoms with E-state index in [0.29, 0.717) is 86.1 Å². The van der Waals surface area contributed by atoms with Gasteiger partial charge in [0, 0.05) is 17.5 Å². The van der Waals surface area contributed by atoms with Crippen LogP contribution in [0.5, 0.6) is 0 Å². The average molecular weight is 853 g/mol. The molecule has 2 aliphatic heterocycles. The molecule has 0 saturated carbocycles. The van der Waals surface area contributed by atoms with E-state index >= 15 is 0 Å². The topological polar surface area (TPSA) is 143 Å².